The molecule has 1 saturated heterocycles. The maximum absolute atomic E-state index is 14.9. The molecular weight excluding hydrogens is 469 g/mol. The first-order valence-corrected chi connectivity index (χ1v) is 12.0. The standard InChI is InChI=1S/C25H24FN5O3S/c1-14-9-15(17-5-3-4-6-21(17)27-14)13-34-16-7-8-18(20(26)10-16)23(32)28-22-12-31(2)11-19(22)24-29-30-25(33)35-24/h3-10,19,22H,11-13H2,1-2H3,(H,28,32)(H,30,33)/t19-,22+/m0/s1. The Morgan fingerprint density at radius 1 is 1.26 bits per heavy atom. The minimum Gasteiger partial charge on any atom is -0.489 e. The highest BCUT2D eigenvalue weighted by molar-refractivity contribution is 7.08. The van der Waals surface area contributed by atoms with E-state index < -0.39 is 11.7 Å². The maximum atomic E-state index is 14.9. The molecule has 0 bridgehead atoms. The van der Waals surface area contributed by atoms with E-state index in [1.807, 2.05) is 49.2 Å². The van der Waals surface area contributed by atoms with Crippen molar-refractivity contribution >= 4 is 28.1 Å². The summed E-state index contributed by atoms with van der Waals surface area (Å²) in [6.07, 6.45) is 0. The topological polar surface area (TPSA) is 100 Å². The van der Waals surface area contributed by atoms with E-state index in [0.717, 1.165) is 33.5 Å². The summed E-state index contributed by atoms with van der Waals surface area (Å²) in [6, 6.07) is 13.7. The van der Waals surface area contributed by atoms with Gasteiger partial charge in [0.1, 0.15) is 23.2 Å². The molecule has 35 heavy (non-hydrogen) atoms. The van der Waals surface area contributed by atoms with Crippen molar-refractivity contribution in [3.63, 3.8) is 0 Å². The van der Waals surface area contributed by atoms with Gasteiger partial charge in [0.05, 0.1) is 17.1 Å². The summed E-state index contributed by atoms with van der Waals surface area (Å²) in [5.74, 6) is -0.990. The Morgan fingerprint density at radius 3 is 2.86 bits per heavy atom. The molecule has 180 valence electrons. The number of benzene rings is 2. The van der Waals surface area contributed by atoms with Crippen molar-refractivity contribution in [2.24, 2.45) is 0 Å². The van der Waals surface area contributed by atoms with Gasteiger partial charge in [-0.3, -0.25) is 14.6 Å². The van der Waals surface area contributed by atoms with Crippen molar-refractivity contribution in [2.75, 3.05) is 20.1 Å². The van der Waals surface area contributed by atoms with E-state index in [4.69, 9.17) is 4.74 Å². The molecule has 5 rings (SSSR count). The monoisotopic (exact) mass is 493 g/mol. The van der Waals surface area contributed by atoms with Crippen molar-refractivity contribution in [1.82, 2.24) is 25.4 Å². The Bertz CT molecular complexity index is 1450. The molecule has 0 unspecified atom stereocenters. The molecule has 1 amide bonds. The summed E-state index contributed by atoms with van der Waals surface area (Å²) in [7, 11) is 1.93. The smallest absolute Gasteiger partial charge is 0.322 e. The molecule has 2 aromatic heterocycles. The largest absolute Gasteiger partial charge is 0.489 e. The number of para-hydroxylation sites is 1. The second-order valence-corrected chi connectivity index (χ2v) is 9.72. The number of aromatic nitrogens is 3. The summed E-state index contributed by atoms with van der Waals surface area (Å²) < 4.78 is 20.7. The van der Waals surface area contributed by atoms with Gasteiger partial charge in [-0.1, -0.05) is 29.5 Å². The van der Waals surface area contributed by atoms with Crippen LogP contribution in [0.5, 0.6) is 5.75 Å². The number of aryl methyl sites for hydroxylation is 1. The number of fused-ring (bicyclic) bond motifs is 1. The Morgan fingerprint density at radius 2 is 2.09 bits per heavy atom. The molecule has 0 spiro atoms. The molecule has 1 fully saturated rings. The number of nitrogens with zero attached hydrogens (tertiary/aromatic N) is 3. The van der Waals surface area contributed by atoms with Crippen LogP contribution in [0.15, 0.2) is 53.3 Å². The van der Waals surface area contributed by atoms with Crippen molar-refractivity contribution in [1.29, 1.82) is 0 Å². The number of carbonyl (C=O) groups is 1. The number of carbonyl (C=O) groups excluding carboxylic acids is 1. The number of H-pyrrole nitrogens is 1. The van der Waals surface area contributed by atoms with Crippen LogP contribution in [0.3, 0.4) is 0 Å². The van der Waals surface area contributed by atoms with Crippen LogP contribution in [-0.2, 0) is 6.61 Å². The van der Waals surface area contributed by atoms with Crippen LogP contribution < -0.4 is 14.9 Å². The van der Waals surface area contributed by atoms with Crippen molar-refractivity contribution in [2.45, 2.75) is 25.5 Å². The van der Waals surface area contributed by atoms with Gasteiger partial charge in [0, 0.05) is 41.7 Å². The fourth-order valence-corrected chi connectivity index (χ4v) is 5.25. The molecule has 1 aliphatic rings. The zero-order chi connectivity index (χ0) is 24.5. The number of hydrogen-bond acceptors (Lipinski definition) is 7. The third-order valence-electron chi connectivity index (χ3n) is 6.10. The van der Waals surface area contributed by atoms with Crippen LogP contribution >= 0.6 is 11.3 Å². The first-order valence-electron chi connectivity index (χ1n) is 11.2. The average Bonchev–Trinajstić information content (AvgIpc) is 3.42. The minimum absolute atomic E-state index is 0.0638. The van der Waals surface area contributed by atoms with Gasteiger partial charge in [-0.2, -0.15) is 5.10 Å². The number of ether oxygens (including phenoxy) is 1. The van der Waals surface area contributed by atoms with E-state index in [1.165, 1.54) is 12.1 Å². The van der Waals surface area contributed by atoms with Gasteiger partial charge in [-0.05, 0) is 38.2 Å². The summed E-state index contributed by atoms with van der Waals surface area (Å²) in [5, 5.41) is 11.0. The van der Waals surface area contributed by atoms with E-state index in [2.05, 4.69) is 20.5 Å². The van der Waals surface area contributed by atoms with Crippen LogP contribution in [0.25, 0.3) is 10.9 Å². The predicted molar refractivity (Wildman–Crippen MR) is 131 cm³/mol. The van der Waals surface area contributed by atoms with E-state index in [9.17, 15) is 14.0 Å². The number of rotatable bonds is 6. The molecule has 0 radical (unpaired) electrons. The number of pyridine rings is 1. The molecule has 0 aliphatic carbocycles. The lowest BCUT2D eigenvalue weighted by Crippen LogP contribution is -2.40. The van der Waals surface area contributed by atoms with Crippen molar-refractivity contribution < 1.29 is 13.9 Å². The second kappa shape index (κ2) is 9.55. The van der Waals surface area contributed by atoms with Crippen molar-refractivity contribution in [3.05, 3.63) is 85.8 Å². The zero-order valence-electron chi connectivity index (χ0n) is 19.2. The quantitative estimate of drug-likeness (QED) is 0.428. The highest BCUT2D eigenvalue weighted by atomic mass is 32.1. The lowest BCUT2D eigenvalue weighted by molar-refractivity contribution is 0.0931. The number of nitrogens with one attached hydrogen (secondary N) is 2. The van der Waals surface area contributed by atoms with E-state index in [1.54, 1.807) is 6.07 Å². The minimum atomic E-state index is -0.664. The summed E-state index contributed by atoms with van der Waals surface area (Å²) in [5.41, 5.74) is 2.64. The van der Waals surface area contributed by atoms with Crippen molar-refractivity contribution in [3.8, 4) is 5.75 Å². The molecule has 0 saturated carbocycles. The average molecular weight is 494 g/mol. The van der Waals surface area contributed by atoms with Crippen LogP contribution in [0.1, 0.15) is 32.5 Å². The first kappa shape index (κ1) is 23.1. The normalized spacial score (nSPS) is 18.1. The molecule has 2 atom stereocenters. The highest BCUT2D eigenvalue weighted by Crippen LogP contribution is 2.27. The molecule has 4 aromatic rings. The SMILES string of the molecule is Cc1cc(COc2ccc(C(=O)N[C@@H]3CN(C)C[C@@H]3c3n[nH]c(=O)s3)c(F)c2)c2ccccc2n1. The summed E-state index contributed by atoms with van der Waals surface area (Å²) >= 11 is 1.03. The van der Waals surface area contributed by atoms with Gasteiger partial charge in [-0.15, -0.1) is 0 Å². The van der Waals surface area contributed by atoms with Crippen LogP contribution in [-0.4, -0.2) is 52.2 Å². The van der Waals surface area contributed by atoms with Crippen LogP contribution in [0.2, 0.25) is 0 Å². The van der Waals surface area contributed by atoms with E-state index >= 15 is 0 Å². The van der Waals surface area contributed by atoms with Crippen LogP contribution in [0, 0.1) is 12.7 Å². The lowest BCUT2D eigenvalue weighted by Gasteiger charge is -2.18. The Kier molecular flexibility index (Phi) is 6.31. The summed E-state index contributed by atoms with van der Waals surface area (Å²) in [6.45, 7) is 3.38. The summed E-state index contributed by atoms with van der Waals surface area (Å²) in [4.78, 5) is 30.7. The Balaban J connectivity index is 1.28. The Labute approximate surface area is 204 Å². The second-order valence-electron chi connectivity index (χ2n) is 8.73. The predicted octanol–water partition coefficient (Wildman–Crippen LogP) is 3.23. The van der Waals surface area contributed by atoms with Gasteiger partial charge in [0.25, 0.3) is 5.91 Å². The fourth-order valence-electron chi connectivity index (χ4n) is 4.49. The van der Waals surface area contributed by atoms with E-state index in [-0.39, 0.29) is 29.0 Å². The number of halogens is 1. The third kappa shape index (κ3) is 4.94. The van der Waals surface area contributed by atoms with Gasteiger partial charge in [0.2, 0.25) is 0 Å². The number of likely N-dealkylation sites (N-methyl/N-ethyl adjacent to an activating group) is 1. The molecular formula is C25H24FN5O3S. The Hall–Kier alpha value is -3.63. The molecule has 10 heteroatoms. The molecule has 2 aromatic carbocycles. The molecule has 1 aliphatic heterocycles. The third-order valence-corrected chi connectivity index (χ3v) is 6.98. The van der Waals surface area contributed by atoms with Gasteiger partial charge in [-0.25, -0.2) is 9.49 Å². The number of aromatic amines is 1. The van der Waals surface area contributed by atoms with Gasteiger partial charge >= 0.3 is 4.87 Å². The van der Waals surface area contributed by atoms with Crippen LogP contribution in [0.4, 0.5) is 4.39 Å². The first-order chi connectivity index (χ1) is 16.9. The van der Waals surface area contributed by atoms with Gasteiger partial charge < -0.3 is 15.0 Å². The van der Waals surface area contributed by atoms with Gasteiger partial charge in [0.15, 0.2) is 0 Å². The molecule has 3 heterocycles. The zero-order valence-corrected chi connectivity index (χ0v) is 20.1. The fraction of sp³-hybridized carbons (Fsp3) is 0.280. The lowest BCUT2D eigenvalue weighted by atomic mass is 10.0. The highest BCUT2D eigenvalue weighted by Gasteiger charge is 2.35. The molecule has 2 N–H and O–H groups in total. The molecule has 8 nitrogen and oxygen atoms in total. The number of amides is 1. The maximum Gasteiger partial charge on any atom is 0.322 e. The van der Waals surface area contributed by atoms with E-state index in [0.29, 0.717) is 23.8 Å². The number of likely N-dealkylation sites (tertiary alicyclic amines) is 1. The number of hydrogen-bond donors (Lipinski definition) is 2.